The molecule has 0 atom stereocenters. The van der Waals surface area contributed by atoms with Crippen LogP contribution in [0.5, 0.6) is 0 Å². The number of hydrogen-bond donors (Lipinski definition) is 1. The van der Waals surface area contributed by atoms with E-state index in [2.05, 4.69) is 13.8 Å². The van der Waals surface area contributed by atoms with Crippen LogP contribution >= 0.6 is 0 Å². The Labute approximate surface area is 133 Å². The minimum absolute atomic E-state index is 0. The van der Waals surface area contributed by atoms with Gasteiger partial charge in [0.15, 0.2) is 0 Å². The molecule has 1 N–H and O–H groups in total. The first-order chi connectivity index (χ1) is 7.06. The van der Waals surface area contributed by atoms with Crippen molar-refractivity contribution in [2.24, 2.45) is 5.41 Å². The Bertz CT molecular complexity index is 180. The summed E-state index contributed by atoms with van der Waals surface area (Å²) in [5, 5.41) is 9.23. The van der Waals surface area contributed by atoms with Gasteiger partial charge in [-0.15, -0.1) is 0 Å². The van der Waals surface area contributed by atoms with Crippen LogP contribution in [0.3, 0.4) is 0 Å². The summed E-state index contributed by atoms with van der Waals surface area (Å²) in [6.45, 7) is 6.20. The van der Waals surface area contributed by atoms with E-state index < -0.39 is 11.4 Å². The average molecular weight is 256 g/mol. The zero-order valence-electron chi connectivity index (χ0n) is 13.2. The molecule has 0 radical (unpaired) electrons. The first kappa shape index (κ1) is 19.1. The van der Waals surface area contributed by atoms with Crippen molar-refractivity contribution in [1.82, 2.24) is 0 Å². The molecule has 3 heteroatoms. The van der Waals surface area contributed by atoms with Crippen molar-refractivity contribution in [3.8, 4) is 0 Å². The van der Waals surface area contributed by atoms with Gasteiger partial charge in [-0.1, -0.05) is 52.4 Å². The van der Waals surface area contributed by atoms with Crippen molar-refractivity contribution >= 4 is 43.7 Å². The summed E-state index contributed by atoms with van der Waals surface area (Å²) in [5.41, 5.74) is -0.482. The van der Waals surface area contributed by atoms with E-state index in [1.54, 1.807) is 0 Å². The second-order valence-electron chi connectivity index (χ2n) is 4.78. The minimum atomic E-state index is -0.616. The second-order valence-corrected chi connectivity index (χ2v) is 4.78. The SMILES string of the molecule is CCCCCC(C)(CCCCC)C(=O)O.[Ca+2].[H-].[H-]. The van der Waals surface area contributed by atoms with E-state index in [1.165, 1.54) is 0 Å². The fraction of sp³-hybridized carbons (Fsp3) is 0.923. The molecular formula is C13H28CaO2. The topological polar surface area (TPSA) is 37.3 Å². The van der Waals surface area contributed by atoms with Gasteiger partial charge >= 0.3 is 43.7 Å². The van der Waals surface area contributed by atoms with Crippen LogP contribution in [0.25, 0.3) is 0 Å². The van der Waals surface area contributed by atoms with E-state index in [-0.39, 0.29) is 40.6 Å². The number of unbranched alkanes of at least 4 members (excludes halogenated alkanes) is 4. The van der Waals surface area contributed by atoms with Gasteiger partial charge < -0.3 is 7.96 Å². The Morgan fingerprint density at radius 2 is 1.44 bits per heavy atom. The van der Waals surface area contributed by atoms with Crippen LogP contribution in [-0.4, -0.2) is 48.8 Å². The van der Waals surface area contributed by atoms with Crippen molar-refractivity contribution in [2.45, 2.75) is 72.1 Å². The smallest absolute Gasteiger partial charge is 1.00 e. The maximum absolute atomic E-state index is 11.2. The number of aliphatic carboxylic acids is 1. The molecule has 0 spiro atoms. The third kappa shape index (κ3) is 7.92. The van der Waals surface area contributed by atoms with Crippen LogP contribution in [-0.2, 0) is 4.79 Å². The second kappa shape index (κ2) is 10.9. The zero-order valence-corrected chi connectivity index (χ0v) is 13.4. The van der Waals surface area contributed by atoms with Crippen LogP contribution in [0.4, 0.5) is 0 Å². The van der Waals surface area contributed by atoms with E-state index >= 15 is 0 Å². The van der Waals surface area contributed by atoms with Gasteiger partial charge in [0.05, 0.1) is 5.41 Å². The number of carbonyl (C=O) groups is 1. The fourth-order valence-corrected chi connectivity index (χ4v) is 1.87. The molecule has 0 aromatic rings. The summed E-state index contributed by atoms with van der Waals surface area (Å²) < 4.78 is 0. The normalized spacial score (nSPS) is 10.9. The molecule has 2 nitrogen and oxygen atoms in total. The van der Waals surface area contributed by atoms with Gasteiger partial charge in [0.1, 0.15) is 0 Å². The number of carboxylic acids is 1. The van der Waals surface area contributed by atoms with Crippen LogP contribution in [0, 0.1) is 5.41 Å². The maximum Gasteiger partial charge on any atom is 2.00 e. The predicted octanol–water partition coefficient (Wildman–Crippen LogP) is 4.08. The molecule has 16 heavy (non-hydrogen) atoms. The molecule has 0 bridgehead atoms. The predicted molar refractivity (Wildman–Crippen MR) is 72.0 cm³/mol. The van der Waals surface area contributed by atoms with E-state index in [1.807, 2.05) is 6.92 Å². The van der Waals surface area contributed by atoms with E-state index in [0.717, 1.165) is 51.4 Å². The Morgan fingerprint density at radius 1 is 1.06 bits per heavy atom. The van der Waals surface area contributed by atoms with Crippen molar-refractivity contribution in [1.29, 1.82) is 0 Å². The largest absolute Gasteiger partial charge is 2.00 e. The van der Waals surface area contributed by atoms with Gasteiger partial charge in [-0.3, -0.25) is 4.79 Å². The third-order valence-electron chi connectivity index (χ3n) is 3.18. The van der Waals surface area contributed by atoms with E-state index in [4.69, 9.17) is 0 Å². The van der Waals surface area contributed by atoms with Gasteiger partial charge in [0.2, 0.25) is 0 Å². The molecular weight excluding hydrogens is 228 g/mol. The molecule has 0 saturated carbocycles. The third-order valence-corrected chi connectivity index (χ3v) is 3.18. The van der Waals surface area contributed by atoms with E-state index in [9.17, 15) is 9.90 Å². The number of carboxylic acid groups (broad SMARTS) is 1. The van der Waals surface area contributed by atoms with Gasteiger partial charge in [-0.05, 0) is 19.8 Å². The van der Waals surface area contributed by atoms with Gasteiger partial charge in [-0.2, -0.15) is 0 Å². The van der Waals surface area contributed by atoms with Crippen LogP contribution in [0.15, 0.2) is 0 Å². The monoisotopic (exact) mass is 256 g/mol. The van der Waals surface area contributed by atoms with Crippen LogP contribution in [0.2, 0.25) is 0 Å². The number of hydrogen-bond acceptors (Lipinski definition) is 1. The first-order valence-electron chi connectivity index (χ1n) is 6.30. The Balaban J connectivity index is -0.000000327. The molecule has 0 saturated heterocycles. The van der Waals surface area contributed by atoms with Crippen molar-refractivity contribution < 1.29 is 12.8 Å². The van der Waals surface area contributed by atoms with Gasteiger partial charge in [0, 0.05) is 0 Å². The van der Waals surface area contributed by atoms with Crippen molar-refractivity contribution in [3.05, 3.63) is 0 Å². The molecule has 0 amide bonds. The summed E-state index contributed by atoms with van der Waals surface area (Å²) in [6, 6.07) is 0. The summed E-state index contributed by atoms with van der Waals surface area (Å²) >= 11 is 0. The van der Waals surface area contributed by atoms with Crippen molar-refractivity contribution in [2.75, 3.05) is 0 Å². The van der Waals surface area contributed by atoms with Gasteiger partial charge in [0.25, 0.3) is 0 Å². The minimum Gasteiger partial charge on any atom is -1.00 e. The van der Waals surface area contributed by atoms with E-state index in [0.29, 0.717) is 0 Å². The summed E-state index contributed by atoms with van der Waals surface area (Å²) in [5.74, 6) is -0.616. The molecule has 0 aliphatic heterocycles. The Kier molecular flexibility index (Phi) is 12.9. The Morgan fingerprint density at radius 3 is 1.69 bits per heavy atom. The average Bonchev–Trinajstić information content (AvgIpc) is 2.18. The summed E-state index contributed by atoms with van der Waals surface area (Å²) in [7, 11) is 0. The molecule has 0 unspecified atom stereocenters. The molecule has 0 aromatic carbocycles. The maximum atomic E-state index is 11.2. The van der Waals surface area contributed by atoms with Crippen LogP contribution in [0.1, 0.15) is 75.0 Å². The molecule has 0 fully saturated rings. The molecule has 94 valence electrons. The number of rotatable bonds is 9. The van der Waals surface area contributed by atoms with Gasteiger partial charge in [-0.25, -0.2) is 0 Å². The zero-order chi connectivity index (χ0) is 11.7. The molecule has 0 rings (SSSR count). The van der Waals surface area contributed by atoms with Crippen molar-refractivity contribution in [3.63, 3.8) is 0 Å². The summed E-state index contributed by atoms with van der Waals surface area (Å²) in [4.78, 5) is 11.2. The molecule has 0 aromatic heterocycles. The standard InChI is InChI=1S/C13H26O2.Ca.2H/c1-4-6-8-10-13(3,12(14)15)11-9-7-5-2;;;/h4-11H2,1-3H3,(H,14,15);;;/q;+2;2*-1. The fourth-order valence-electron chi connectivity index (χ4n) is 1.87. The quantitative estimate of drug-likeness (QED) is 0.498. The summed E-state index contributed by atoms with van der Waals surface area (Å²) in [6.07, 6.45) is 8.37. The van der Waals surface area contributed by atoms with Crippen LogP contribution < -0.4 is 0 Å². The Hall–Kier alpha value is 0.730. The molecule has 0 heterocycles. The first-order valence-corrected chi connectivity index (χ1v) is 6.30. The molecule has 0 aliphatic rings. The molecule has 0 aliphatic carbocycles.